The molecule has 1 saturated carbocycles. The van der Waals surface area contributed by atoms with E-state index < -0.39 is 5.97 Å². The lowest BCUT2D eigenvalue weighted by Crippen LogP contribution is -2.00. The third kappa shape index (κ3) is 1.61. The Balaban J connectivity index is 2.17. The molecule has 0 bridgehead atoms. The van der Waals surface area contributed by atoms with E-state index in [1.807, 2.05) is 6.26 Å². The van der Waals surface area contributed by atoms with Crippen molar-refractivity contribution >= 4 is 17.7 Å². The molecule has 0 aromatic carbocycles. The van der Waals surface area contributed by atoms with Gasteiger partial charge in [0.15, 0.2) is 0 Å². The quantitative estimate of drug-likeness (QED) is 0.647. The van der Waals surface area contributed by atoms with E-state index in [2.05, 4.69) is 0 Å². The van der Waals surface area contributed by atoms with Crippen molar-refractivity contribution < 1.29 is 9.90 Å². The molecule has 1 aliphatic carbocycles. The van der Waals surface area contributed by atoms with E-state index in [4.69, 9.17) is 5.11 Å². The fraction of sp³-hybridized carbons (Fsp3) is 0.833. The van der Waals surface area contributed by atoms with Crippen LogP contribution in [0.2, 0.25) is 0 Å². The van der Waals surface area contributed by atoms with Crippen LogP contribution in [0.25, 0.3) is 0 Å². The van der Waals surface area contributed by atoms with Gasteiger partial charge < -0.3 is 5.11 Å². The molecule has 0 radical (unpaired) electrons. The number of hydrogen-bond acceptors (Lipinski definition) is 2. The Bertz CT molecular complexity index is 124. The molecule has 0 aromatic rings. The Hall–Kier alpha value is -0.180. The maximum atomic E-state index is 10.2. The van der Waals surface area contributed by atoms with Crippen LogP contribution in [0.15, 0.2) is 0 Å². The summed E-state index contributed by atoms with van der Waals surface area (Å²) in [5, 5.41) is 8.44. The van der Waals surface area contributed by atoms with Crippen molar-refractivity contribution in [1.82, 2.24) is 0 Å². The minimum absolute atomic E-state index is 0.0163. The number of carbonyl (C=O) groups is 1. The molecule has 52 valence electrons. The zero-order valence-electron chi connectivity index (χ0n) is 5.33. The Morgan fingerprint density at radius 1 is 1.89 bits per heavy atom. The van der Waals surface area contributed by atoms with E-state index in [-0.39, 0.29) is 5.92 Å². The van der Waals surface area contributed by atoms with Gasteiger partial charge in [0.05, 0.1) is 5.92 Å². The first-order valence-electron chi connectivity index (χ1n) is 2.97. The highest BCUT2D eigenvalue weighted by Crippen LogP contribution is 2.40. The van der Waals surface area contributed by atoms with Crippen LogP contribution in [0.5, 0.6) is 0 Å². The molecule has 0 spiro atoms. The SMILES string of the molecule is CSC[C@@H]1C[C@H]1C(=O)O. The highest BCUT2D eigenvalue weighted by atomic mass is 32.2. The van der Waals surface area contributed by atoms with Crippen molar-refractivity contribution in [2.45, 2.75) is 6.42 Å². The molecule has 0 unspecified atom stereocenters. The number of aliphatic carboxylic acids is 1. The van der Waals surface area contributed by atoms with Gasteiger partial charge in [-0.1, -0.05) is 0 Å². The normalized spacial score (nSPS) is 32.1. The van der Waals surface area contributed by atoms with E-state index in [0.717, 1.165) is 12.2 Å². The van der Waals surface area contributed by atoms with Gasteiger partial charge >= 0.3 is 5.97 Å². The van der Waals surface area contributed by atoms with Gasteiger partial charge in [0, 0.05) is 0 Å². The first kappa shape index (κ1) is 6.93. The van der Waals surface area contributed by atoms with Crippen LogP contribution in [0.3, 0.4) is 0 Å². The zero-order chi connectivity index (χ0) is 6.85. The van der Waals surface area contributed by atoms with Gasteiger partial charge in [-0.3, -0.25) is 4.79 Å². The second kappa shape index (κ2) is 2.60. The van der Waals surface area contributed by atoms with Gasteiger partial charge in [0.25, 0.3) is 0 Å². The van der Waals surface area contributed by atoms with Crippen LogP contribution in [-0.2, 0) is 4.79 Å². The van der Waals surface area contributed by atoms with Gasteiger partial charge in [-0.25, -0.2) is 0 Å². The second-order valence-corrected chi connectivity index (χ2v) is 3.31. The maximum Gasteiger partial charge on any atom is 0.306 e. The summed E-state index contributed by atoms with van der Waals surface area (Å²) in [6, 6.07) is 0. The molecule has 0 aliphatic heterocycles. The Kier molecular flexibility index (Phi) is 2.01. The molecule has 0 aromatic heterocycles. The van der Waals surface area contributed by atoms with Crippen LogP contribution < -0.4 is 0 Å². The van der Waals surface area contributed by atoms with Crippen LogP contribution in [0, 0.1) is 11.8 Å². The maximum absolute atomic E-state index is 10.2. The predicted molar refractivity (Wildman–Crippen MR) is 37.6 cm³/mol. The molecular weight excluding hydrogens is 136 g/mol. The fourth-order valence-corrected chi connectivity index (χ4v) is 1.74. The first-order valence-corrected chi connectivity index (χ1v) is 4.37. The molecule has 2 nitrogen and oxygen atoms in total. The Morgan fingerprint density at radius 3 is 2.89 bits per heavy atom. The summed E-state index contributed by atoms with van der Waals surface area (Å²) >= 11 is 1.73. The van der Waals surface area contributed by atoms with Crippen LogP contribution >= 0.6 is 11.8 Å². The van der Waals surface area contributed by atoms with E-state index in [1.54, 1.807) is 11.8 Å². The zero-order valence-corrected chi connectivity index (χ0v) is 6.15. The minimum Gasteiger partial charge on any atom is -0.481 e. The third-order valence-corrected chi connectivity index (χ3v) is 2.38. The average Bonchev–Trinajstić information content (AvgIpc) is 2.47. The molecule has 1 N–H and O–H groups in total. The van der Waals surface area contributed by atoms with E-state index in [0.29, 0.717) is 5.92 Å². The largest absolute Gasteiger partial charge is 0.481 e. The molecule has 1 fully saturated rings. The molecule has 0 heterocycles. The minimum atomic E-state index is -0.617. The van der Waals surface area contributed by atoms with Crippen molar-refractivity contribution in [2.75, 3.05) is 12.0 Å². The summed E-state index contributed by atoms with van der Waals surface area (Å²) in [5.74, 6) is 0.848. The lowest BCUT2D eigenvalue weighted by Gasteiger charge is -1.89. The van der Waals surface area contributed by atoms with Gasteiger partial charge in [-0.15, -0.1) is 0 Å². The number of thioether (sulfide) groups is 1. The highest BCUT2D eigenvalue weighted by molar-refractivity contribution is 7.98. The van der Waals surface area contributed by atoms with Crippen molar-refractivity contribution in [3.63, 3.8) is 0 Å². The lowest BCUT2D eigenvalue weighted by molar-refractivity contribution is -0.138. The van der Waals surface area contributed by atoms with Gasteiger partial charge in [-0.2, -0.15) is 11.8 Å². The van der Waals surface area contributed by atoms with Gasteiger partial charge in [-0.05, 0) is 24.3 Å². The van der Waals surface area contributed by atoms with Crippen molar-refractivity contribution in [2.24, 2.45) is 11.8 Å². The number of rotatable bonds is 3. The summed E-state index contributed by atoms with van der Waals surface area (Å²) < 4.78 is 0. The standard InChI is InChI=1S/C6H10O2S/c1-9-3-4-2-5(4)6(7)8/h4-5H,2-3H2,1H3,(H,7,8)/t4-,5+/m0/s1. The Morgan fingerprint density at radius 2 is 2.56 bits per heavy atom. The summed E-state index contributed by atoms with van der Waals surface area (Å²) in [4.78, 5) is 10.2. The molecule has 0 amide bonds. The highest BCUT2D eigenvalue weighted by Gasteiger charge is 2.42. The predicted octanol–water partition coefficient (Wildman–Crippen LogP) is 1.07. The number of carboxylic acid groups (broad SMARTS) is 1. The van der Waals surface area contributed by atoms with Gasteiger partial charge in [0.1, 0.15) is 0 Å². The smallest absolute Gasteiger partial charge is 0.306 e. The topological polar surface area (TPSA) is 37.3 Å². The fourth-order valence-electron chi connectivity index (χ4n) is 0.948. The molecule has 9 heavy (non-hydrogen) atoms. The van der Waals surface area contributed by atoms with E-state index in [9.17, 15) is 4.79 Å². The van der Waals surface area contributed by atoms with Crippen molar-refractivity contribution in [3.8, 4) is 0 Å². The van der Waals surface area contributed by atoms with Gasteiger partial charge in [0.2, 0.25) is 0 Å². The number of hydrogen-bond donors (Lipinski definition) is 1. The summed E-state index contributed by atoms with van der Waals surface area (Å²) in [6.07, 6.45) is 2.91. The van der Waals surface area contributed by atoms with Crippen molar-refractivity contribution in [3.05, 3.63) is 0 Å². The second-order valence-electron chi connectivity index (χ2n) is 2.40. The Labute approximate surface area is 58.6 Å². The summed E-state index contributed by atoms with van der Waals surface area (Å²) in [7, 11) is 0. The third-order valence-electron chi connectivity index (χ3n) is 1.62. The van der Waals surface area contributed by atoms with Crippen LogP contribution in [0.1, 0.15) is 6.42 Å². The monoisotopic (exact) mass is 146 g/mol. The lowest BCUT2D eigenvalue weighted by atomic mass is 10.3. The molecule has 1 aliphatic rings. The van der Waals surface area contributed by atoms with E-state index in [1.165, 1.54) is 0 Å². The summed E-state index contributed by atoms with van der Waals surface area (Å²) in [6.45, 7) is 0. The average molecular weight is 146 g/mol. The van der Waals surface area contributed by atoms with Crippen LogP contribution in [0.4, 0.5) is 0 Å². The van der Waals surface area contributed by atoms with Crippen molar-refractivity contribution in [1.29, 1.82) is 0 Å². The van der Waals surface area contributed by atoms with Crippen LogP contribution in [-0.4, -0.2) is 23.1 Å². The molecule has 0 saturated heterocycles. The number of carboxylic acids is 1. The first-order chi connectivity index (χ1) is 4.25. The molecule has 1 rings (SSSR count). The molecule has 2 atom stereocenters. The van der Waals surface area contributed by atoms with E-state index >= 15 is 0 Å². The molecule has 3 heteroatoms. The summed E-state index contributed by atoms with van der Waals surface area (Å²) in [5.41, 5.74) is 0. The molecular formula is C6H10O2S.